The number of amides is 1. The van der Waals surface area contributed by atoms with Gasteiger partial charge < -0.3 is 10.1 Å². The van der Waals surface area contributed by atoms with Crippen LogP contribution in [0.3, 0.4) is 0 Å². The third-order valence-corrected chi connectivity index (χ3v) is 5.45. The molecular formula is C20H20ClN3O3S. The average molecular weight is 418 g/mol. The third-order valence-electron chi connectivity index (χ3n) is 4.05. The summed E-state index contributed by atoms with van der Waals surface area (Å²) < 4.78 is 6.37. The van der Waals surface area contributed by atoms with Crippen molar-refractivity contribution in [1.29, 1.82) is 0 Å². The summed E-state index contributed by atoms with van der Waals surface area (Å²) in [5.74, 6) is -0.845. The smallest absolute Gasteiger partial charge is 0.306 e. The lowest BCUT2D eigenvalue weighted by Gasteiger charge is -2.13. The minimum absolute atomic E-state index is 0.184. The van der Waals surface area contributed by atoms with Gasteiger partial charge in [0.2, 0.25) is 0 Å². The first kappa shape index (κ1) is 20.2. The van der Waals surface area contributed by atoms with Gasteiger partial charge in [0, 0.05) is 12.6 Å². The van der Waals surface area contributed by atoms with Crippen molar-refractivity contribution in [2.45, 2.75) is 38.7 Å². The van der Waals surface area contributed by atoms with Crippen LogP contribution in [-0.2, 0) is 20.7 Å². The highest BCUT2D eigenvalue weighted by Crippen LogP contribution is 2.23. The number of pyridine rings is 1. The summed E-state index contributed by atoms with van der Waals surface area (Å²) in [6, 6.07) is 11.3. The molecule has 1 atom stereocenters. The van der Waals surface area contributed by atoms with Crippen molar-refractivity contribution < 1.29 is 14.3 Å². The molecule has 2 aromatic heterocycles. The van der Waals surface area contributed by atoms with Gasteiger partial charge in [-0.1, -0.05) is 23.7 Å². The Bertz CT molecular complexity index is 943. The van der Waals surface area contributed by atoms with Crippen LogP contribution in [0.1, 0.15) is 31.2 Å². The molecule has 1 aromatic carbocycles. The summed E-state index contributed by atoms with van der Waals surface area (Å²) in [4.78, 5) is 32.6. The fraction of sp³-hybridized carbons (Fsp3) is 0.300. The second-order valence-corrected chi connectivity index (χ2v) is 7.72. The number of esters is 1. The van der Waals surface area contributed by atoms with Gasteiger partial charge in [0.1, 0.15) is 0 Å². The van der Waals surface area contributed by atoms with Crippen LogP contribution in [0.5, 0.6) is 0 Å². The van der Waals surface area contributed by atoms with Crippen LogP contribution in [0, 0.1) is 0 Å². The highest BCUT2D eigenvalue weighted by Gasteiger charge is 2.18. The van der Waals surface area contributed by atoms with Crippen molar-refractivity contribution in [3.8, 4) is 0 Å². The number of halogens is 1. The molecule has 2 heterocycles. The lowest BCUT2D eigenvalue weighted by atomic mass is 10.2. The Morgan fingerprint density at radius 1 is 1.21 bits per heavy atom. The van der Waals surface area contributed by atoms with Crippen molar-refractivity contribution >= 4 is 50.7 Å². The largest absolute Gasteiger partial charge is 0.453 e. The molecule has 0 fully saturated rings. The molecule has 8 heteroatoms. The molecule has 0 saturated heterocycles. The number of aromatic nitrogens is 2. The second kappa shape index (κ2) is 9.61. The number of nitrogens with one attached hydrogen (secondary N) is 1. The molecule has 3 aromatic rings. The van der Waals surface area contributed by atoms with Gasteiger partial charge in [-0.25, -0.2) is 9.97 Å². The number of hydrogen-bond donors (Lipinski definition) is 1. The highest BCUT2D eigenvalue weighted by atomic mass is 35.5. The number of anilines is 1. The number of unbranched alkanes of at least 4 members (excludes halogenated alkanes) is 1. The van der Waals surface area contributed by atoms with Crippen LogP contribution in [0.4, 0.5) is 5.69 Å². The van der Waals surface area contributed by atoms with Crippen LogP contribution >= 0.6 is 22.9 Å². The van der Waals surface area contributed by atoms with Crippen molar-refractivity contribution in [3.63, 3.8) is 0 Å². The summed E-state index contributed by atoms with van der Waals surface area (Å²) in [5.41, 5.74) is 1.39. The van der Waals surface area contributed by atoms with Crippen molar-refractivity contribution in [1.82, 2.24) is 9.97 Å². The minimum atomic E-state index is -0.909. The fourth-order valence-electron chi connectivity index (χ4n) is 2.60. The quantitative estimate of drug-likeness (QED) is 0.328. The van der Waals surface area contributed by atoms with Crippen LogP contribution in [0.25, 0.3) is 10.2 Å². The Balaban J connectivity index is 1.38. The van der Waals surface area contributed by atoms with Gasteiger partial charge in [-0.15, -0.1) is 11.3 Å². The molecule has 0 bridgehead atoms. The summed E-state index contributed by atoms with van der Waals surface area (Å²) in [6.45, 7) is 1.53. The number of para-hydroxylation sites is 1. The van der Waals surface area contributed by atoms with E-state index < -0.39 is 18.0 Å². The summed E-state index contributed by atoms with van der Waals surface area (Å²) in [6.07, 6.45) is 3.21. The van der Waals surface area contributed by atoms with E-state index in [0.29, 0.717) is 12.1 Å². The molecule has 3 rings (SSSR count). The van der Waals surface area contributed by atoms with Crippen LogP contribution in [0.15, 0.2) is 42.6 Å². The SMILES string of the molecule is C[C@H](OC(=O)CCCCc1nc2ccccc2s1)C(=O)Nc1cccnc1Cl. The monoisotopic (exact) mass is 417 g/mol. The van der Waals surface area contributed by atoms with Gasteiger partial charge in [0.05, 0.1) is 20.9 Å². The maximum absolute atomic E-state index is 12.1. The third kappa shape index (κ3) is 5.50. The molecule has 28 heavy (non-hydrogen) atoms. The van der Waals surface area contributed by atoms with Gasteiger partial charge in [-0.2, -0.15) is 0 Å². The van der Waals surface area contributed by atoms with E-state index in [1.165, 1.54) is 17.8 Å². The number of carbonyl (C=O) groups excluding carboxylic acids is 2. The molecule has 0 radical (unpaired) electrons. The second-order valence-electron chi connectivity index (χ2n) is 6.25. The average Bonchev–Trinajstić information content (AvgIpc) is 3.10. The lowest BCUT2D eigenvalue weighted by molar-refractivity contribution is -0.153. The van der Waals surface area contributed by atoms with Crippen LogP contribution in [0.2, 0.25) is 5.15 Å². The van der Waals surface area contributed by atoms with Crippen LogP contribution < -0.4 is 5.32 Å². The zero-order chi connectivity index (χ0) is 19.9. The number of hydrogen-bond acceptors (Lipinski definition) is 6. The topological polar surface area (TPSA) is 81.2 Å². The summed E-state index contributed by atoms with van der Waals surface area (Å²) in [7, 11) is 0. The van der Waals surface area contributed by atoms with Gasteiger partial charge in [0.15, 0.2) is 11.3 Å². The number of carbonyl (C=O) groups is 2. The van der Waals surface area contributed by atoms with Crippen LogP contribution in [-0.4, -0.2) is 27.9 Å². The van der Waals surface area contributed by atoms with Gasteiger partial charge in [0.25, 0.3) is 5.91 Å². The Hall–Kier alpha value is -2.51. The van der Waals surface area contributed by atoms with E-state index in [0.717, 1.165) is 23.4 Å². The van der Waals surface area contributed by atoms with Gasteiger partial charge in [-0.05, 0) is 50.5 Å². The first-order valence-electron chi connectivity index (χ1n) is 8.98. The molecule has 0 aliphatic carbocycles. The summed E-state index contributed by atoms with van der Waals surface area (Å²) >= 11 is 7.58. The highest BCUT2D eigenvalue weighted by molar-refractivity contribution is 7.18. The number of thiazole rings is 1. The maximum Gasteiger partial charge on any atom is 0.306 e. The molecule has 6 nitrogen and oxygen atoms in total. The first-order valence-corrected chi connectivity index (χ1v) is 10.2. The number of fused-ring (bicyclic) bond motifs is 1. The van der Waals surface area contributed by atoms with Crippen molar-refractivity contribution in [3.05, 3.63) is 52.8 Å². The number of nitrogens with zero attached hydrogens (tertiary/aromatic N) is 2. The number of rotatable bonds is 8. The zero-order valence-corrected chi connectivity index (χ0v) is 16.9. The van der Waals surface area contributed by atoms with Crippen molar-refractivity contribution in [2.75, 3.05) is 5.32 Å². The van der Waals surface area contributed by atoms with E-state index >= 15 is 0 Å². The normalized spacial score (nSPS) is 11.9. The zero-order valence-electron chi connectivity index (χ0n) is 15.4. The first-order chi connectivity index (χ1) is 13.5. The Labute approximate surface area is 171 Å². The predicted octanol–water partition coefficient (Wildman–Crippen LogP) is 4.63. The molecule has 1 amide bonds. The molecule has 1 N–H and O–H groups in total. The van der Waals surface area contributed by atoms with Gasteiger partial charge in [-0.3, -0.25) is 9.59 Å². The Morgan fingerprint density at radius 2 is 2.04 bits per heavy atom. The Morgan fingerprint density at radius 3 is 2.82 bits per heavy atom. The Kier molecular flexibility index (Phi) is 6.95. The summed E-state index contributed by atoms with van der Waals surface area (Å²) in [5, 5.41) is 3.85. The van der Waals surface area contributed by atoms with Crippen molar-refractivity contribution in [2.24, 2.45) is 0 Å². The number of aryl methyl sites for hydroxylation is 1. The van der Waals surface area contributed by atoms with E-state index in [1.807, 2.05) is 18.2 Å². The fourth-order valence-corrected chi connectivity index (χ4v) is 3.77. The molecule has 0 saturated carbocycles. The van der Waals surface area contributed by atoms with E-state index in [9.17, 15) is 9.59 Å². The molecule has 0 unspecified atom stereocenters. The van der Waals surface area contributed by atoms with E-state index in [4.69, 9.17) is 16.3 Å². The lowest BCUT2D eigenvalue weighted by Crippen LogP contribution is -2.30. The van der Waals surface area contributed by atoms with E-state index in [2.05, 4.69) is 21.4 Å². The molecule has 0 aliphatic heterocycles. The standard InChI is InChI=1S/C20H20ClN3O3S/c1-13(20(26)24-15-8-6-12-22-19(15)21)27-18(25)11-5-4-10-17-23-14-7-2-3-9-16(14)28-17/h2-3,6-9,12-13H,4-5,10-11H2,1H3,(H,24,26)/t13-/m0/s1. The maximum atomic E-state index is 12.1. The number of benzene rings is 1. The van der Waals surface area contributed by atoms with Gasteiger partial charge >= 0.3 is 5.97 Å². The molecular weight excluding hydrogens is 398 g/mol. The predicted molar refractivity (Wildman–Crippen MR) is 111 cm³/mol. The minimum Gasteiger partial charge on any atom is -0.453 e. The molecule has 0 spiro atoms. The molecule has 146 valence electrons. The van der Waals surface area contributed by atoms with E-state index in [-0.39, 0.29) is 11.6 Å². The molecule has 0 aliphatic rings. The number of ether oxygens (including phenoxy) is 1. The van der Waals surface area contributed by atoms with E-state index in [1.54, 1.807) is 23.5 Å².